The Morgan fingerprint density at radius 1 is 1.29 bits per heavy atom. The van der Waals surface area contributed by atoms with Gasteiger partial charge in [-0.25, -0.2) is 0 Å². The van der Waals surface area contributed by atoms with Crippen LogP contribution in [0.1, 0.15) is 65.7 Å². The molecule has 1 N–H and O–H groups in total. The molecule has 1 aliphatic heterocycles. The lowest BCUT2D eigenvalue weighted by Crippen LogP contribution is -2.34. The lowest BCUT2D eigenvalue weighted by Gasteiger charge is -2.33. The second-order valence-corrected chi connectivity index (χ2v) is 7.76. The first-order valence-corrected chi connectivity index (χ1v) is 10.1. The van der Waals surface area contributed by atoms with Gasteiger partial charge in [-0.2, -0.15) is 0 Å². The Bertz CT molecular complexity index is 869. The zero-order chi connectivity index (χ0) is 20.3. The third-order valence-electron chi connectivity index (χ3n) is 5.50. The fraction of sp³-hybridized carbons (Fsp3) is 0.478. The molecule has 150 valence electrons. The van der Waals surface area contributed by atoms with Gasteiger partial charge in [0.2, 0.25) is 5.78 Å². The van der Waals surface area contributed by atoms with Gasteiger partial charge in [-0.05, 0) is 56.7 Å². The van der Waals surface area contributed by atoms with E-state index in [1.54, 1.807) is 0 Å². The minimum Gasteiger partial charge on any atom is -0.483 e. The van der Waals surface area contributed by atoms with Crippen LogP contribution in [0.25, 0.3) is 0 Å². The number of nitrogens with zero attached hydrogens (tertiary/aromatic N) is 1. The average molecular weight is 383 g/mol. The van der Waals surface area contributed by atoms with Crippen LogP contribution in [0.5, 0.6) is 5.75 Å². The SMILES string of the molecule is CCc1c(C(=O)COc2ccccc2N2CCCC(C)C2)[nH]c(C)c1C(C)=O. The van der Waals surface area contributed by atoms with E-state index in [1.165, 1.54) is 19.8 Å². The monoisotopic (exact) mass is 382 g/mol. The molecule has 28 heavy (non-hydrogen) atoms. The molecule has 1 aliphatic rings. The third kappa shape index (κ3) is 4.13. The van der Waals surface area contributed by atoms with Gasteiger partial charge < -0.3 is 14.6 Å². The van der Waals surface area contributed by atoms with Crippen LogP contribution in [0.4, 0.5) is 5.69 Å². The molecular weight excluding hydrogens is 352 g/mol. The molecule has 5 heteroatoms. The maximum absolute atomic E-state index is 12.8. The number of aryl methyl sites for hydroxylation is 1. The molecule has 0 amide bonds. The summed E-state index contributed by atoms with van der Waals surface area (Å²) in [5.74, 6) is 1.24. The summed E-state index contributed by atoms with van der Waals surface area (Å²) in [5.41, 5.74) is 3.71. The summed E-state index contributed by atoms with van der Waals surface area (Å²) < 4.78 is 5.95. The van der Waals surface area contributed by atoms with E-state index in [4.69, 9.17) is 4.74 Å². The van der Waals surface area contributed by atoms with Crippen molar-refractivity contribution in [1.29, 1.82) is 0 Å². The van der Waals surface area contributed by atoms with Crippen LogP contribution in [-0.2, 0) is 6.42 Å². The zero-order valence-corrected chi connectivity index (χ0v) is 17.3. The number of aromatic amines is 1. The number of aromatic nitrogens is 1. The minimum atomic E-state index is -0.130. The van der Waals surface area contributed by atoms with E-state index in [0.717, 1.165) is 35.8 Å². The van der Waals surface area contributed by atoms with Gasteiger partial charge in [0.15, 0.2) is 12.4 Å². The number of hydrogen-bond acceptors (Lipinski definition) is 4. The number of ketones is 2. The molecule has 1 aromatic heterocycles. The van der Waals surface area contributed by atoms with Gasteiger partial charge in [0.25, 0.3) is 0 Å². The largest absolute Gasteiger partial charge is 0.483 e. The summed E-state index contributed by atoms with van der Waals surface area (Å²) in [6.45, 7) is 9.56. The van der Waals surface area contributed by atoms with Gasteiger partial charge in [0.1, 0.15) is 5.75 Å². The predicted octanol–water partition coefficient (Wildman–Crippen LogP) is 4.59. The maximum Gasteiger partial charge on any atom is 0.216 e. The molecule has 1 saturated heterocycles. The first-order valence-electron chi connectivity index (χ1n) is 10.1. The van der Waals surface area contributed by atoms with E-state index < -0.39 is 0 Å². The minimum absolute atomic E-state index is 0.0184. The molecular formula is C23H30N2O3. The summed E-state index contributed by atoms with van der Waals surface area (Å²) in [7, 11) is 0. The Balaban J connectivity index is 1.77. The highest BCUT2D eigenvalue weighted by Gasteiger charge is 2.23. The number of piperidine rings is 1. The number of nitrogens with one attached hydrogen (secondary N) is 1. The molecule has 1 unspecified atom stereocenters. The third-order valence-corrected chi connectivity index (χ3v) is 5.50. The number of ether oxygens (including phenoxy) is 1. The van der Waals surface area contributed by atoms with Crippen molar-refractivity contribution in [3.05, 3.63) is 46.8 Å². The molecule has 5 nitrogen and oxygen atoms in total. The van der Waals surface area contributed by atoms with Crippen molar-refractivity contribution in [2.24, 2.45) is 5.92 Å². The van der Waals surface area contributed by atoms with Crippen molar-refractivity contribution in [3.63, 3.8) is 0 Å². The number of carbonyl (C=O) groups is 2. The second-order valence-electron chi connectivity index (χ2n) is 7.76. The standard InChI is InChI=1S/C23H30N2O3/c1-5-18-22(17(4)26)16(3)24-23(18)20(27)14-28-21-11-7-6-10-19(21)25-12-8-9-15(2)13-25/h6-7,10-11,15,24H,5,8-9,12-14H2,1-4H3. The molecule has 3 rings (SSSR count). The second kappa shape index (κ2) is 8.63. The summed E-state index contributed by atoms with van der Waals surface area (Å²) >= 11 is 0. The first kappa shape index (κ1) is 20.2. The van der Waals surface area contributed by atoms with Crippen molar-refractivity contribution >= 4 is 17.3 Å². The Morgan fingerprint density at radius 2 is 2.04 bits per heavy atom. The van der Waals surface area contributed by atoms with Crippen LogP contribution in [0.3, 0.4) is 0 Å². The molecule has 0 saturated carbocycles. The van der Waals surface area contributed by atoms with Crippen molar-refractivity contribution in [2.45, 2.75) is 47.0 Å². The number of anilines is 1. The molecule has 0 bridgehead atoms. The number of H-pyrrole nitrogens is 1. The highest BCUT2D eigenvalue weighted by atomic mass is 16.5. The van der Waals surface area contributed by atoms with Crippen molar-refractivity contribution in [3.8, 4) is 5.75 Å². The zero-order valence-electron chi connectivity index (χ0n) is 17.3. The topological polar surface area (TPSA) is 62.4 Å². The van der Waals surface area contributed by atoms with Gasteiger partial charge in [-0.15, -0.1) is 0 Å². The number of carbonyl (C=O) groups excluding carboxylic acids is 2. The normalized spacial score (nSPS) is 16.9. The lowest BCUT2D eigenvalue weighted by atomic mass is 9.99. The van der Waals surface area contributed by atoms with Crippen molar-refractivity contribution in [1.82, 2.24) is 4.98 Å². The van der Waals surface area contributed by atoms with Crippen LogP contribution < -0.4 is 9.64 Å². The van der Waals surface area contributed by atoms with E-state index in [9.17, 15) is 9.59 Å². The highest BCUT2D eigenvalue weighted by Crippen LogP contribution is 2.31. The molecule has 1 fully saturated rings. The molecule has 1 aromatic carbocycles. The summed E-state index contributed by atoms with van der Waals surface area (Å²) in [5, 5.41) is 0. The van der Waals surface area contributed by atoms with Gasteiger partial charge in [0, 0.05) is 24.3 Å². The number of benzene rings is 1. The Morgan fingerprint density at radius 3 is 2.71 bits per heavy atom. The average Bonchev–Trinajstić information content (AvgIpc) is 3.03. The van der Waals surface area contributed by atoms with Crippen LogP contribution in [-0.4, -0.2) is 36.2 Å². The van der Waals surface area contributed by atoms with E-state index in [-0.39, 0.29) is 18.2 Å². The molecule has 2 heterocycles. The first-order chi connectivity index (χ1) is 13.4. The molecule has 0 spiro atoms. The number of para-hydroxylation sites is 2. The van der Waals surface area contributed by atoms with Gasteiger partial charge in [-0.3, -0.25) is 9.59 Å². The molecule has 2 aromatic rings. The molecule has 0 aliphatic carbocycles. The smallest absolute Gasteiger partial charge is 0.216 e. The van der Waals surface area contributed by atoms with Gasteiger partial charge in [-0.1, -0.05) is 26.0 Å². The molecule has 1 atom stereocenters. The summed E-state index contributed by atoms with van der Waals surface area (Å²) in [4.78, 5) is 30.2. The lowest BCUT2D eigenvalue weighted by molar-refractivity contribution is 0.0916. The van der Waals surface area contributed by atoms with Crippen molar-refractivity contribution < 1.29 is 14.3 Å². The summed E-state index contributed by atoms with van der Waals surface area (Å²) in [6, 6.07) is 7.91. The van der Waals surface area contributed by atoms with Crippen LogP contribution in [0, 0.1) is 12.8 Å². The fourth-order valence-corrected chi connectivity index (χ4v) is 4.21. The number of rotatable bonds is 7. The Hall–Kier alpha value is -2.56. The van der Waals surface area contributed by atoms with Crippen LogP contribution >= 0.6 is 0 Å². The fourth-order valence-electron chi connectivity index (χ4n) is 4.21. The number of Topliss-reactive ketones (excluding diaryl/α,β-unsaturated/α-hetero) is 2. The van der Waals surface area contributed by atoms with E-state index >= 15 is 0 Å². The Kier molecular flexibility index (Phi) is 6.22. The number of hydrogen-bond donors (Lipinski definition) is 1. The molecule has 0 radical (unpaired) electrons. The van der Waals surface area contributed by atoms with Crippen LogP contribution in [0.15, 0.2) is 24.3 Å². The quantitative estimate of drug-likeness (QED) is 0.712. The Labute approximate surface area is 167 Å². The van der Waals surface area contributed by atoms with Crippen LogP contribution in [0.2, 0.25) is 0 Å². The predicted molar refractivity (Wildman–Crippen MR) is 112 cm³/mol. The van der Waals surface area contributed by atoms with Gasteiger partial charge in [0.05, 0.1) is 11.4 Å². The maximum atomic E-state index is 12.8. The highest BCUT2D eigenvalue weighted by molar-refractivity contribution is 6.04. The van der Waals surface area contributed by atoms with Gasteiger partial charge >= 0.3 is 0 Å². The van der Waals surface area contributed by atoms with E-state index in [2.05, 4.69) is 22.9 Å². The van der Waals surface area contributed by atoms with E-state index in [1.807, 2.05) is 32.0 Å². The van der Waals surface area contributed by atoms with Crippen molar-refractivity contribution in [2.75, 3.05) is 24.6 Å². The summed E-state index contributed by atoms with van der Waals surface area (Å²) in [6.07, 6.45) is 3.05. The van der Waals surface area contributed by atoms with E-state index in [0.29, 0.717) is 23.6 Å².